The van der Waals surface area contributed by atoms with E-state index in [-0.39, 0.29) is 18.0 Å². The minimum Gasteiger partial charge on any atom is -0.340 e. The Hall–Kier alpha value is -2.24. The number of hydrogen-bond donors (Lipinski definition) is 0. The maximum absolute atomic E-state index is 13.2. The predicted octanol–water partition coefficient (Wildman–Crippen LogP) is 4.79. The lowest BCUT2D eigenvalue weighted by molar-refractivity contribution is -0.136. The molecule has 1 amide bonds. The summed E-state index contributed by atoms with van der Waals surface area (Å²) in [4.78, 5) is 22.2. The van der Waals surface area contributed by atoms with Gasteiger partial charge in [-0.1, -0.05) is 36.4 Å². The molecule has 5 heteroatoms. The van der Waals surface area contributed by atoms with Crippen molar-refractivity contribution in [3.05, 3.63) is 64.7 Å². The lowest BCUT2D eigenvalue weighted by atomic mass is 10.1. The number of carbonyl (C=O) groups is 1. The summed E-state index contributed by atoms with van der Waals surface area (Å²) in [7, 11) is 1.91. The quantitative estimate of drug-likeness (QED) is 0.625. The number of rotatable bonds is 5. The van der Waals surface area contributed by atoms with Crippen LogP contribution in [0.5, 0.6) is 0 Å². The second-order valence-corrected chi connectivity index (χ2v) is 8.77. The van der Waals surface area contributed by atoms with E-state index in [9.17, 15) is 4.79 Å². The normalized spacial score (nSPS) is 18.5. The molecule has 146 valence electrons. The van der Waals surface area contributed by atoms with Gasteiger partial charge in [-0.3, -0.25) is 9.69 Å². The number of amides is 1. The lowest BCUT2D eigenvalue weighted by Gasteiger charge is -2.31. The third-order valence-electron chi connectivity index (χ3n) is 5.79. The Morgan fingerprint density at radius 3 is 2.79 bits per heavy atom. The first-order valence-corrected chi connectivity index (χ1v) is 10.8. The van der Waals surface area contributed by atoms with E-state index in [1.165, 1.54) is 15.8 Å². The fourth-order valence-corrected chi connectivity index (χ4v) is 5.26. The van der Waals surface area contributed by atoms with Gasteiger partial charge in [-0.15, -0.1) is 11.3 Å². The molecule has 28 heavy (non-hydrogen) atoms. The molecule has 3 aromatic rings. The summed E-state index contributed by atoms with van der Waals surface area (Å²) >= 11 is 1.76. The smallest absolute Gasteiger partial charge is 0.239 e. The van der Waals surface area contributed by atoms with Crippen LogP contribution in [0.3, 0.4) is 0 Å². The molecule has 4 rings (SSSR count). The average Bonchev–Trinajstić information content (AvgIpc) is 3.35. The zero-order chi connectivity index (χ0) is 19.7. The highest BCUT2D eigenvalue weighted by atomic mass is 32.1. The first-order chi connectivity index (χ1) is 13.5. The van der Waals surface area contributed by atoms with E-state index in [1.807, 2.05) is 37.1 Å². The van der Waals surface area contributed by atoms with E-state index in [0.29, 0.717) is 6.54 Å². The largest absolute Gasteiger partial charge is 0.340 e. The number of carbonyl (C=O) groups excluding carboxylic acids is 1. The zero-order valence-corrected chi connectivity index (χ0v) is 17.6. The SMILES string of the molecule is Cc1ccccc1CN(C)C(=O)C(C)N1CCCC1c1nc2ccccc2s1. The number of nitrogens with zero attached hydrogens (tertiary/aromatic N) is 3. The van der Waals surface area contributed by atoms with Crippen LogP contribution in [0, 0.1) is 6.92 Å². The van der Waals surface area contributed by atoms with Crippen molar-refractivity contribution in [2.75, 3.05) is 13.6 Å². The van der Waals surface area contributed by atoms with Gasteiger partial charge in [0, 0.05) is 13.6 Å². The topological polar surface area (TPSA) is 36.4 Å². The molecule has 0 spiro atoms. The molecule has 0 radical (unpaired) electrons. The molecule has 1 saturated heterocycles. The Kier molecular flexibility index (Phi) is 5.47. The molecule has 1 aliphatic rings. The van der Waals surface area contributed by atoms with Crippen molar-refractivity contribution in [1.29, 1.82) is 0 Å². The summed E-state index contributed by atoms with van der Waals surface area (Å²) in [5.74, 6) is 0.177. The molecule has 1 aromatic heterocycles. The molecule has 0 N–H and O–H groups in total. The van der Waals surface area contributed by atoms with E-state index < -0.39 is 0 Å². The number of thiazole rings is 1. The van der Waals surface area contributed by atoms with Gasteiger partial charge >= 0.3 is 0 Å². The van der Waals surface area contributed by atoms with E-state index in [1.54, 1.807) is 11.3 Å². The summed E-state index contributed by atoms with van der Waals surface area (Å²) in [6.45, 7) is 5.74. The number of aryl methyl sites for hydroxylation is 1. The standard InChI is InChI=1S/C23H27N3OS/c1-16-9-4-5-10-18(16)15-25(3)23(27)17(2)26-14-8-12-20(26)22-24-19-11-6-7-13-21(19)28-22/h4-7,9-11,13,17,20H,8,12,14-15H2,1-3H3. The van der Waals surface area contributed by atoms with Crippen molar-refractivity contribution >= 4 is 27.5 Å². The van der Waals surface area contributed by atoms with Crippen LogP contribution >= 0.6 is 11.3 Å². The molecule has 4 nitrogen and oxygen atoms in total. The van der Waals surface area contributed by atoms with Crippen molar-refractivity contribution in [3.63, 3.8) is 0 Å². The molecule has 1 aliphatic heterocycles. The van der Waals surface area contributed by atoms with Crippen molar-refractivity contribution in [2.24, 2.45) is 0 Å². The number of para-hydroxylation sites is 1. The fourth-order valence-electron chi connectivity index (χ4n) is 4.13. The predicted molar refractivity (Wildman–Crippen MR) is 115 cm³/mol. The van der Waals surface area contributed by atoms with Crippen LogP contribution in [0.4, 0.5) is 0 Å². The summed E-state index contributed by atoms with van der Waals surface area (Å²) in [5, 5.41) is 1.14. The van der Waals surface area contributed by atoms with Gasteiger partial charge in [0.2, 0.25) is 5.91 Å². The van der Waals surface area contributed by atoms with Gasteiger partial charge in [-0.05, 0) is 56.5 Å². The highest BCUT2D eigenvalue weighted by Gasteiger charge is 2.35. The maximum Gasteiger partial charge on any atom is 0.239 e. The lowest BCUT2D eigenvalue weighted by Crippen LogP contribution is -2.45. The van der Waals surface area contributed by atoms with Crippen molar-refractivity contribution < 1.29 is 4.79 Å². The Morgan fingerprint density at radius 2 is 2.00 bits per heavy atom. The van der Waals surface area contributed by atoms with Gasteiger partial charge in [-0.25, -0.2) is 4.98 Å². The van der Waals surface area contributed by atoms with Crippen LogP contribution in [0.15, 0.2) is 48.5 Å². The molecule has 2 atom stereocenters. The van der Waals surface area contributed by atoms with Crippen LogP contribution in [-0.4, -0.2) is 40.3 Å². The van der Waals surface area contributed by atoms with Gasteiger partial charge in [0.25, 0.3) is 0 Å². The Morgan fingerprint density at radius 1 is 1.25 bits per heavy atom. The zero-order valence-electron chi connectivity index (χ0n) is 16.8. The van der Waals surface area contributed by atoms with Crippen LogP contribution < -0.4 is 0 Å². The summed E-state index contributed by atoms with van der Waals surface area (Å²) in [6.07, 6.45) is 2.18. The van der Waals surface area contributed by atoms with E-state index >= 15 is 0 Å². The average molecular weight is 394 g/mol. The molecule has 2 heterocycles. The number of aromatic nitrogens is 1. The molecular weight excluding hydrogens is 366 g/mol. The molecule has 0 saturated carbocycles. The molecular formula is C23H27N3OS. The van der Waals surface area contributed by atoms with Gasteiger partial charge in [0.15, 0.2) is 0 Å². The Bertz CT molecular complexity index is 950. The fraction of sp³-hybridized carbons (Fsp3) is 0.391. The number of benzene rings is 2. The van der Waals surface area contributed by atoms with E-state index in [4.69, 9.17) is 4.98 Å². The van der Waals surface area contributed by atoms with Crippen LogP contribution in [0.1, 0.15) is 41.9 Å². The van der Waals surface area contributed by atoms with E-state index in [0.717, 1.165) is 29.9 Å². The second-order valence-electron chi connectivity index (χ2n) is 7.71. The first-order valence-electron chi connectivity index (χ1n) is 9.95. The minimum atomic E-state index is -0.145. The van der Waals surface area contributed by atoms with Crippen LogP contribution in [0.25, 0.3) is 10.2 Å². The molecule has 1 fully saturated rings. The van der Waals surface area contributed by atoms with Crippen LogP contribution in [0.2, 0.25) is 0 Å². The third kappa shape index (κ3) is 3.69. The summed E-state index contributed by atoms with van der Waals surface area (Å²) in [5.41, 5.74) is 3.49. The monoisotopic (exact) mass is 393 g/mol. The van der Waals surface area contributed by atoms with Crippen molar-refractivity contribution in [1.82, 2.24) is 14.8 Å². The van der Waals surface area contributed by atoms with Gasteiger partial charge in [0.05, 0.1) is 22.3 Å². The van der Waals surface area contributed by atoms with Crippen molar-refractivity contribution in [3.8, 4) is 0 Å². The first kappa shape index (κ1) is 19.1. The van der Waals surface area contributed by atoms with E-state index in [2.05, 4.69) is 42.2 Å². The Labute approximate surface area is 170 Å². The molecule has 2 aromatic carbocycles. The summed E-state index contributed by atoms with van der Waals surface area (Å²) < 4.78 is 1.22. The number of likely N-dealkylation sites (N-methyl/N-ethyl adjacent to an activating group) is 1. The third-order valence-corrected chi connectivity index (χ3v) is 6.93. The number of fused-ring (bicyclic) bond motifs is 1. The maximum atomic E-state index is 13.2. The van der Waals surface area contributed by atoms with Gasteiger partial charge in [0.1, 0.15) is 5.01 Å². The van der Waals surface area contributed by atoms with Gasteiger partial charge in [-0.2, -0.15) is 0 Å². The molecule has 0 bridgehead atoms. The Balaban J connectivity index is 1.50. The van der Waals surface area contributed by atoms with Crippen LogP contribution in [-0.2, 0) is 11.3 Å². The number of likely N-dealkylation sites (tertiary alicyclic amines) is 1. The molecule has 2 unspecified atom stereocenters. The second kappa shape index (κ2) is 8.02. The van der Waals surface area contributed by atoms with Gasteiger partial charge < -0.3 is 4.90 Å². The minimum absolute atomic E-state index is 0.145. The highest BCUT2D eigenvalue weighted by Crippen LogP contribution is 2.37. The number of hydrogen-bond acceptors (Lipinski definition) is 4. The summed E-state index contributed by atoms with van der Waals surface area (Å²) in [6, 6.07) is 16.7. The highest BCUT2D eigenvalue weighted by molar-refractivity contribution is 7.18. The van der Waals surface area contributed by atoms with Crippen molar-refractivity contribution in [2.45, 2.75) is 45.3 Å². The molecule has 0 aliphatic carbocycles.